The van der Waals surface area contributed by atoms with E-state index in [2.05, 4.69) is 4.98 Å². The molecule has 0 fully saturated rings. The molecule has 1 aromatic heterocycles. The third-order valence-electron chi connectivity index (χ3n) is 3.23. The Morgan fingerprint density at radius 2 is 2.05 bits per heavy atom. The first-order chi connectivity index (χ1) is 9.28. The van der Waals surface area contributed by atoms with Crippen LogP contribution < -0.4 is 0 Å². The van der Waals surface area contributed by atoms with Crippen molar-refractivity contribution in [1.82, 2.24) is 4.98 Å². The van der Waals surface area contributed by atoms with Crippen LogP contribution in [0.3, 0.4) is 0 Å². The lowest BCUT2D eigenvalue weighted by molar-refractivity contribution is -0.143. The molecule has 0 spiro atoms. The third-order valence-corrected chi connectivity index (χ3v) is 4.58. The van der Waals surface area contributed by atoms with Crippen molar-refractivity contribution in [1.29, 1.82) is 0 Å². The number of hydrogen-bond acceptors (Lipinski definition) is 4. The van der Waals surface area contributed by atoms with Gasteiger partial charge in [0.15, 0.2) is 0 Å². The fourth-order valence-electron chi connectivity index (χ4n) is 1.86. The van der Waals surface area contributed by atoms with Crippen molar-refractivity contribution < 1.29 is 29.3 Å². The van der Waals surface area contributed by atoms with Crippen LogP contribution in [0.1, 0.15) is 19.0 Å². The Labute approximate surface area is 116 Å². The predicted octanol–water partition coefficient (Wildman–Crippen LogP) is 1.29. The molecule has 20 heavy (non-hydrogen) atoms. The van der Waals surface area contributed by atoms with Gasteiger partial charge in [-0.25, -0.2) is 4.79 Å². The van der Waals surface area contributed by atoms with Gasteiger partial charge in [-0.05, 0) is 30.0 Å². The zero-order chi connectivity index (χ0) is 15.3. The van der Waals surface area contributed by atoms with E-state index in [-0.39, 0.29) is 6.42 Å². The molecular weight excluding hydrogens is 285 g/mol. The molecule has 1 heterocycles. The minimum Gasteiger partial charge on any atom is -0.481 e. The summed E-state index contributed by atoms with van der Waals surface area (Å²) in [5, 5.41) is 16.1. The number of hydrogen-bond donors (Lipinski definition) is 3. The van der Waals surface area contributed by atoms with Crippen molar-refractivity contribution in [3.63, 3.8) is 0 Å². The zero-order valence-electron chi connectivity index (χ0n) is 10.8. The molecule has 0 saturated heterocycles. The van der Waals surface area contributed by atoms with Crippen LogP contribution in [-0.2, 0) is 20.6 Å². The summed E-state index contributed by atoms with van der Waals surface area (Å²) in [6.45, 7) is 1.09. The van der Waals surface area contributed by atoms with Crippen LogP contribution in [0.5, 0.6) is 0 Å². The van der Waals surface area contributed by atoms with Crippen molar-refractivity contribution in [3.8, 4) is 0 Å². The highest BCUT2D eigenvalue weighted by Crippen LogP contribution is 2.44. The van der Waals surface area contributed by atoms with Crippen molar-refractivity contribution >= 4 is 20.0 Å². The monoisotopic (exact) mass is 300 g/mol. The largest absolute Gasteiger partial charge is 0.523 e. The van der Waals surface area contributed by atoms with Gasteiger partial charge in [0.2, 0.25) is 0 Å². The van der Waals surface area contributed by atoms with E-state index in [0.717, 1.165) is 6.92 Å². The maximum Gasteiger partial charge on any atom is 0.523 e. The van der Waals surface area contributed by atoms with Crippen LogP contribution in [-0.4, -0.2) is 37.2 Å². The predicted molar refractivity (Wildman–Crippen MR) is 69.5 cm³/mol. The van der Waals surface area contributed by atoms with Crippen LogP contribution in [0, 0.1) is 5.92 Å². The van der Waals surface area contributed by atoms with Crippen LogP contribution in [0.15, 0.2) is 24.4 Å². The molecule has 0 amide bonds. The normalized spacial score (nSPS) is 16.0. The van der Waals surface area contributed by atoms with Crippen LogP contribution in [0.25, 0.3) is 0 Å². The Kier molecular flexibility index (Phi) is 5.30. The lowest BCUT2D eigenvalue weighted by Gasteiger charge is -2.22. The van der Waals surface area contributed by atoms with E-state index < -0.39 is 37.5 Å². The molecule has 1 aromatic rings. The topological polar surface area (TPSA) is 125 Å². The SMILES string of the molecule is CC(C(=O)O)(C(CC(=O)O)Cc1ccccn1)[P+](=O)O. The van der Waals surface area contributed by atoms with Crippen LogP contribution >= 0.6 is 8.03 Å². The first kappa shape index (κ1) is 16.2. The van der Waals surface area contributed by atoms with Crippen molar-refractivity contribution in [2.75, 3.05) is 0 Å². The maximum atomic E-state index is 11.4. The first-order valence-corrected chi connectivity index (χ1v) is 7.01. The van der Waals surface area contributed by atoms with E-state index in [1.54, 1.807) is 18.2 Å². The zero-order valence-corrected chi connectivity index (χ0v) is 11.7. The smallest absolute Gasteiger partial charge is 0.481 e. The molecule has 1 rings (SSSR count). The minimum atomic E-state index is -3.09. The highest BCUT2D eigenvalue weighted by molar-refractivity contribution is 7.41. The van der Waals surface area contributed by atoms with Crippen molar-refractivity contribution in [3.05, 3.63) is 30.1 Å². The summed E-state index contributed by atoms with van der Waals surface area (Å²) < 4.78 is 11.4. The number of aliphatic carboxylic acids is 2. The van der Waals surface area contributed by atoms with E-state index >= 15 is 0 Å². The molecule has 108 valence electrons. The number of aromatic nitrogens is 1. The molecule has 3 N–H and O–H groups in total. The average Bonchev–Trinajstić information content (AvgIpc) is 2.37. The molecule has 0 aliphatic rings. The molecule has 3 atom stereocenters. The highest BCUT2D eigenvalue weighted by atomic mass is 31.1. The summed E-state index contributed by atoms with van der Waals surface area (Å²) in [7, 11) is -3.09. The Bertz CT molecular complexity index is 504. The molecule has 0 aliphatic heterocycles. The third kappa shape index (κ3) is 3.59. The van der Waals surface area contributed by atoms with Gasteiger partial charge in [0.05, 0.1) is 6.42 Å². The standard InChI is InChI=1S/C12H14NO6P/c1-12(11(16)17,20(18)19)8(7-10(14)15)6-9-4-2-3-5-13-9/h2-5,8H,6-7H2,1H3,(H2-,14,15,16,17,18,19)/p+1. The molecule has 0 aliphatic carbocycles. The summed E-state index contributed by atoms with van der Waals surface area (Å²) in [5.41, 5.74) is 0.475. The van der Waals surface area contributed by atoms with Crippen LogP contribution in [0.2, 0.25) is 0 Å². The molecule has 3 unspecified atom stereocenters. The van der Waals surface area contributed by atoms with Gasteiger partial charge in [0, 0.05) is 17.8 Å². The van der Waals surface area contributed by atoms with E-state index in [9.17, 15) is 24.2 Å². The molecule has 8 heteroatoms. The second kappa shape index (κ2) is 6.54. The lowest BCUT2D eigenvalue weighted by Crippen LogP contribution is -2.42. The molecule has 0 radical (unpaired) electrons. The fraction of sp³-hybridized carbons (Fsp3) is 0.417. The Morgan fingerprint density at radius 3 is 2.45 bits per heavy atom. The van der Waals surface area contributed by atoms with E-state index in [1.165, 1.54) is 6.20 Å². The summed E-state index contributed by atoms with van der Waals surface area (Å²) in [4.78, 5) is 35.5. The molecule has 0 aromatic carbocycles. The number of carboxylic acid groups (broad SMARTS) is 2. The summed E-state index contributed by atoms with van der Waals surface area (Å²) in [6, 6.07) is 4.96. The number of carbonyl (C=O) groups is 2. The van der Waals surface area contributed by atoms with Gasteiger partial charge in [-0.2, -0.15) is 4.89 Å². The highest BCUT2D eigenvalue weighted by Gasteiger charge is 2.58. The van der Waals surface area contributed by atoms with E-state index in [0.29, 0.717) is 5.69 Å². The second-order valence-electron chi connectivity index (χ2n) is 4.55. The first-order valence-electron chi connectivity index (χ1n) is 5.79. The molecule has 0 saturated carbocycles. The Morgan fingerprint density at radius 1 is 1.40 bits per heavy atom. The van der Waals surface area contributed by atoms with Gasteiger partial charge in [-0.15, -0.1) is 0 Å². The lowest BCUT2D eigenvalue weighted by atomic mass is 9.86. The number of nitrogens with zero attached hydrogens (tertiary/aromatic N) is 1. The van der Waals surface area contributed by atoms with E-state index in [1.807, 2.05) is 0 Å². The van der Waals surface area contributed by atoms with Gasteiger partial charge in [-0.1, -0.05) is 6.07 Å². The quantitative estimate of drug-likeness (QED) is 0.648. The van der Waals surface area contributed by atoms with Crippen molar-refractivity contribution in [2.45, 2.75) is 24.9 Å². The number of pyridine rings is 1. The molecular formula is C12H15NO6P+. The summed E-state index contributed by atoms with van der Waals surface area (Å²) >= 11 is 0. The van der Waals surface area contributed by atoms with Gasteiger partial charge in [0.1, 0.15) is 0 Å². The number of rotatable bonds is 7. The average molecular weight is 300 g/mol. The molecule has 7 nitrogen and oxygen atoms in total. The van der Waals surface area contributed by atoms with Gasteiger partial charge in [-0.3, -0.25) is 9.78 Å². The summed E-state index contributed by atoms with van der Waals surface area (Å²) in [6.07, 6.45) is 0.961. The van der Waals surface area contributed by atoms with Gasteiger partial charge in [0.25, 0.3) is 5.16 Å². The second-order valence-corrected chi connectivity index (χ2v) is 6.02. The number of carboxylic acids is 2. The minimum absolute atomic E-state index is 0.00241. The van der Waals surface area contributed by atoms with Gasteiger partial charge >= 0.3 is 20.0 Å². The summed E-state index contributed by atoms with van der Waals surface area (Å²) in [5.74, 6) is -3.76. The molecule has 0 bridgehead atoms. The Hall–Kier alpha value is -1.85. The Balaban J connectivity index is 3.14. The van der Waals surface area contributed by atoms with E-state index in [4.69, 9.17) is 5.11 Å². The van der Waals surface area contributed by atoms with Crippen LogP contribution in [0.4, 0.5) is 0 Å². The maximum absolute atomic E-state index is 11.4. The van der Waals surface area contributed by atoms with Crippen molar-refractivity contribution in [2.24, 2.45) is 5.92 Å². The fourth-order valence-corrected chi connectivity index (χ4v) is 2.52. The van der Waals surface area contributed by atoms with Gasteiger partial charge < -0.3 is 10.2 Å².